The lowest BCUT2D eigenvalue weighted by atomic mass is 9.81. The van der Waals surface area contributed by atoms with E-state index in [2.05, 4.69) is 17.6 Å². The van der Waals surface area contributed by atoms with Gasteiger partial charge >= 0.3 is 0 Å². The summed E-state index contributed by atoms with van der Waals surface area (Å²) in [4.78, 5) is 12.5. The average Bonchev–Trinajstić information content (AvgIpc) is 2.59. The highest BCUT2D eigenvalue weighted by Crippen LogP contribution is 2.31. The van der Waals surface area contributed by atoms with Crippen molar-refractivity contribution in [1.29, 1.82) is 0 Å². The first kappa shape index (κ1) is 16.1. The van der Waals surface area contributed by atoms with Gasteiger partial charge in [-0.05, 0) is 61.5 Å². The Kier molecular flexibility index (Phi) is 4.76. The second-order valence-corrected chi connectivity index (χ2v) is 6.96. The maximum absolute atomic E-state index is 12.5. The number of fused-ring (bicyclic) bond motifs is 1. The zero-order valence-corrected chi connectivity index (χ0v) is 14.0. The quantitative estimate of drug-likeness (QED) is 0.888. The molecule has 0 spiro atoms. The Morgan fingerprint density at radius 2 is 2.22 bits per heavy atom. The Labute approximate surface area is 137 Å². The van der Waals surface area contributed by atoms with Crippen molar-refractivity contribution in [2.24, 2.45) is 11.3 Å². The van der Waals surface area contributed by atoms with Gasteiger partial charge in [-0.2, -0.15) is 0 Å². The van der Waals surface area contributed by atoms with Crippen molar-refractivity contribution in [3.63, 3.8) is 0 Å². The fourth-order valence-electron chi connectivity index (χ4n) is 3.32. The number of ether oxygens (including phenoxy) is 2. The van der Waals surface area contributed by atoms with Crippen LogP contribution >= 0.6 is 0 Å². The van der Waals surface area contributed by atoms with Crippen LogP contribution in [0.25, 0.3) is 0 Å². The number of rotatable bonds is 4. The number of benzene rings is 1. The van der Waals surface area contributed by atoms with Gasteiger partial charge in [0.15, 0.2) is 0 Å². The molecule has 1 amide bonds. The standard InChI is InChI=1S/C18H26N2O3/c1-18(5-7-19-8-6-18)12-20-17(21)14-9-13-10-15(22-2)3-4-16(13)23-11-14/h3-4,10,14,19H,5-9,11-12H2,1-2H3,(H,20,21). The summed E-state index contributed by atoms with van der Waals surface area (Å²) >= 11 is 0. The SMILES string of the molecule is COc1ccc2c(c1)CC(C(=O)NCC1(C)CCNCC1)CO2. The summed E-state index contributed by atoms with van der Waals surface area (Å²) in [7, 11) is 1.65. The zero-order valence-electron chi connectivity index (χ0n) is 14.0. The third-order valence-electron chi connectivity index (χ3n) is 5.04. The summed E-state index contributed by atoms with van der Waals surface area (Å²) in [5, 5.41) is 6.51. The van der Waals surface area contributed by atoms with Gasteiger partial charge in [-0.25, -0.2) is 0 Å². The highest BCUT2D eigenvalue weighted by molar-refractivity contribution is 5.79. The Morgan fingerprint density at radius 1 is 1.43 bits per heavy atom. The fraction of sp³-hybridized carbons (Fsp3) is 0.611. The maximum atomic E-state index is 12.5. The van der Waals surface area contributed by atoms with E-state index >= 15 is 0 Å². The summed E-state index contributed by atoms with van der Waals surface area (Å²) in [5.74, 6) is 1.63. The largest absolute Gasteiger partial charge is 0.497 e. The summed E-state index contributed by atoms with van der Waals surface area (Å²) in [6.07, 6.45) is 2.92. The van der Waals surface area contributed by atoms with E-state index in [0.717, 1.165) is 49.5 Å². The topological polar surface area (TPSA) is 59.6 Å². The third-order valence-corrected chi connectivity index (χ3v) is 5.04. The van der Waals surface area contributed by atoms with Gasteiger partial charge in [-0.15, -0.1) is 0 Å². The molecule has 0 saturated carbocycles. The van der Waals surface area contributed by atoms with E-state index in [1.54, 1.807) is 7.11 Å². The van der Waals surface area contributed by atoms with Crippen LogP contribution in [0.1, 0.15) is 25.3 Å². The van der Waals surface area contributed by atoms with E-state index in [9.17, 15) is 4.79 Å². The molecular weight excluding hydrogens is 292 g/mol. The van der Waals surface area contributed by atoms with Crippen LogP contribution in [-0.4, -0.2) is 39.3 Å². The average molecular weight is 318 g/mol. The summed E-state index contributed by atoms with van der Waals surface area (Å²) in [5.41, 5.74) is 1.25. The minimum absolute atomic E-state index is 0.0956. The minimum atomic E-state index is -0.125. The van der Waals surface area contributed by atoms with Crippen LogP contribution in [0.2, 0.25) is 0 Å². The molecule has 0 aliphatic carbocycles. The van der Waals surface area contributed by atoms with E-state index in [1.165, 1.54) is 0 Å². The van der Waals surface area contributed by atoms with E-state index in [0.29, 0.717) is 13.0 Å². The number of nitrogens with one attached hydrogen (secondary N) is 2. The Balaban J connectivity index is 1.58. The molecule has 0 radical (unpaired) electrons. The number of amides is 1. The van der Waals surface area contributed by atoms with Crippen molar-refractivity contribution in [2.75, 3.05) is 33.4 Å². The molecule has 5 heteroatoms. The van der Waals surface area contributed by atoms with Gasteiger partial charge in [0.05, 0.1) is 13.0 Å². The second kappa shape index (κ2) is 6.79. The molecule has 3 rings (SSSR count). The Bertz CT molecular complexity index is 567. The van der Waals surface area contributed by atoms with E-state index in [1.807, 2.05) is 18.2 Å². The van der Waals surface area contributed by atoms with E-state index < -0.39 is 0 Å². The van der Waals surface area contributed by atoms with Gasteiger partial charge in [0.1, 0.15) is 18.1 Å². The maximum Gasteiger partial charge on any atom is 0.226 e. The number of methoxy groups -OCH3 is 1. The smallest absolute Gasteiger partial charge is 0.226 e. The molecule has 1 aromatic rings. The molecule has 0 aromatic heterocycles. The summed E-state index contributed by atoms with van der Waals surface area (Å²) in [6, 6.07) is 5.76. The Morgan fingerprint density at radius 3 is 2.96 bits per heavy atom. The molecule has 1 fully saturated rings. The van der Waals surface area contributed by atoms with Crippen LogP contribution in [0.15, 0.2) is 18.2 Å². The van der Waals surface area contributed by atoms with Crippen molar-refractivity contribution in [1.82, 2.24) is 10.6 Å². The van der Waals surface area contributed by atoms with Crippen LogP contribution in [0, 0.1) is 11.3 Å². The molecule has 0 bridgehead atoms. The molecule has 2 aliphatic rings. The van der Waals surface area contributed by atoms with Crippen LogP contribution in [-0.2, 0) is 11.2 Å². The molecule has 2 heterocycles. The molecule has 23 heavy (non-hydrogen) atoms. The monoisotopic (exact) mass is 318 g/mol. The van der Waals surface area contributed by atoms with Crippen molar-refractivity contribution >= 4 is 5.91 Å². The normalized spacial score (nSPS) is 22.6. The lowest BCUT2D eigenvalue weighted by Crippen LogP contribution is -2.45. The molecule has 2 N–H and O–H groups in total. The van der Waals surface area contributed by atoms with Crippen molar-refractivity contribution < 1.29 is 14.3 Å². The zero-order chi connectivity index (χ0) is 16.3. The van der Waals surface area contributed by atoms with E-state index in [-0.39, 0.29) is 17.2 Å². The van der Waals surface area contributed by atoms with Crippen LogP contribution < -0.4 is 20.1 Å². The number of piperidine rings is 1. The van der Waals surface area contributed by atoms with Crippen LogP contribution in [0.4, 0.5) is 0 Å². The predicted molar refractivity (Wildman–Crippen MR) is 88.9 cm³/mol. The molecule has 1 saturated heterocycles. The van der Waals surface area contributed by atoms with Crippen molar-refractivity contribution in [2.45, 2.75) is 26.2 Å². The molecule has 126 valence electrons. The predicted octanol–water partition coefficient (Wildman–Crippen LogP) is 1.75. The van der Waals surface area contributed by atoms with Gasteiger partial charge in [0.25, 0.3) is 0 Å². The highest BCUT2D eigenvalue weighted by Gasteiger charge is 2.30. The Hall–Kier alpha value is -1.75. The third kappa shape index (κ3) is 3.78. The molecule has 1 unspecified atom stereocenters. The molecule has 2 aliphatic heterocycles. The number of hydrogen-bond acceptors (Lipinski definition) is 4. The van der Waals surface area contributed by atoms with Gasteiger partial charge in [-0.1, -0.05) is 6.92 Å². The van der Waals surface area contributed by atoms with Gasteiger partial charge in [0, 0.05) is 6.54 Å². The number of carbonyl (C=O) groups excluding carboxylic acids is 1. The first-order chi connectivity index (χ1) is 11.1. The lowest BCUT2D eigenvalue weighted by Gasteiger charge is -2.35. The lowest BCUT2D eigenvalue weighted by molar-refractivity contribution is -0.126. The first-order valence-corrected chi connectivity index (χ1v) is 8.38. The minimum Gasteiger partial charge on any atom is -0.497 e. The van der Waals surface area contributed by atoms with Gasteiger partial charge < -0.3 is 20.1 Å². The van der Waals surface area contributed by atoms with Gasteiger partial charge in [-0.3, -0.25) is 4.79 Å². The van der Waals surface area contributed by atoms with E-state index in [4.69, 9.17) is 9.47 Å². The molecule has 1 atom stereocenters. The fourth-order valence-corrected chi connectivity index (χ4v) is 3.32. The van der Waals surface area contributed by atoms with Crippen molar-refractivity contribution in [3.8, 4) is 11.5 Å². The molecule has 5 nitrogen and oxygen atoms in total. The van der Waals surface area contributed by atoms with Gasteiger partial charge in [0.2, 0.25) is 5.91 Å². The summed E-state index contributed by atoms with van der Waals surface area (Å²) < 4.78 is 11.0. The first-order valence-electron chi connectivity index (χ1n) is 8.38. The van der Waals surface area contributed by atoms with Crippen molar-refractivity contribution in [3.05, 3.63) is 23.8 Å². The second-order valence-electron chi connectivity index (χ2n) is 6.96. The number of hydrogen-bond donors (Lipinski definition) is 2. The van der Waals surface area contributed by atoms with Crippen LogP contribution in [0.3, 0.4) is 0 Å². The van der Waals surface area contributed by atoms with Crippen LogP contribution in [0.5, 0.6) is 11.5 Å². The highest BCUT2D eigenvalue weighted by atomic mass is 16.5. The number of carbonyl (C=O) groups is 1. The summed E-state index contributed by atoms with van der Waals surface area (Å²) in [6.45, 7) is 5.52. The molecular formula is C18H26N2O3. The molecule has 1 aromatic carbocycles.